The zero-order valence-corrected chi connectivity index (χ0v) is 31.0. The maximum atomic E-state index is 2.53. The van der Waals surface area contributed by atoms with Crippen LogP contribution in [0.5, 0.6) is 0 Å². The van der Waals surface area contributed by atoms with Crippen LogP contribution in [0, 0.1) is 6.92 Å². The van der Waals surface area contributed by atoms with Crippen molar-refractivity contribution in [1.82, 2.24) is 4.57 Å². The van der Waals surface area contributed by atoms with Crippen LogP contribution in [0.1, 0.15) is 41.7 Å². The minimum absolute atomic E-state index is 0.0966. The fourth-order valence-corrected chi connectivity index (χ4v) is 9.03. The van der Waals surface area contributed by atoms with Crippen molar-refractivity contribution >= 4 is 21.8 Å². The molecule has 1 aliphatic rings. The van der Waals surface area contributed by atoms with E-state index in [0.717, 1.165) is 6.42 Å². The summed E-state index contributed by atoms with van der Waals surface area (Å²) in [6, 6.07) is 67.4. The van der Waals surface area contributed by atoms with Crippen LogP contribution in [0.25, 0.3) is 72.0 Å². The van der Waals surface area contributed by atoms with Gasteiger partial charge in [-0.3, -0.25) is 0 Å². The third kappa shape index (κ3) is 5.15. The Labute approximate surface area is 317 Å². The second-order valence-corrected chi connectivity index (χ2v) is 15.4. The van der Waals surface area contributed by atoms with E-state index in [-0.39, 0.29) is 5.41 Å². The lowest BCUT2D eigenvalue weighted by molar-refractivity contribution is 0.661. The van der Waals surface area contributed by atoms with E-state index in [4.69, 9.17) is 0 Å². The summed E-state index contributed by atoms with van der Waals surface area (Å²) in [5.74, 6) is 0. The molecule has 1 nitrogen and oxygen atoms in total. The molecule has 8 aromatic carbocycles. The number of hydrogen-bond donors (Lipinski definition) is 0. The van der Waals surface area contributed by atoms with Gasteiger partial charge in [-0.05, 0) is 110 Å². The molecule has 1 heterocycles. The van der Waals surface area contributed by atoms with E-state index in [1.165, 1.54) is 99.8 Å². The summed E-state index contributed by atoms with van der Waals surface area (Å²) in [5, 5.41) is 2.56. The van der Waals surface area contributed by atoms with Crippen molar-refractivity contribution < 1.29 is 0 Å². The normalized spacial score (nSPS) is 12.9. The van der Waals surface area contributed by atoms with Gasteiger partial charge >= 0.3 is 0 Å². The molecule has 0 fully saturated rings. The molecule has 1 aliphatic carbocycles. The van der Waals surface area contributed by atoms with Crippen molar-refractivity contribution in [1.29, 1.82) is 0 Å². The quantitative estimate of drug-likeness (QED) is 0.164. The molecule has 0 aliphatic heterocycles. The molecule has 0 saturated heterocycles. The Balaban J connectivity index is 1.19. The average molecular weight is 692 g/mol. The molecule has 0 amide bonds. The second kappa shape index (κ2) is 12.6. The van der Waals surface area contributed by atoms with Crippen LogP contribution in [0.3, 0.4) is 0 Å². The van der Waals surface area contributed by atoms with Crippen LogP contribution >= 0.6 is 0 Å². The van der Waals surface area contributed by atoms with E-state index in [0.29, 0.717) is 0 Å². The van der Waals surface area contributed by atoms with E-state index in [1.807, 2.05) is 0 Å². The Morgan fingerprint density at radius 3 is 1.93 bits per heavy atom. The predicted octanol–water partition coefficient (Wildman–Crippen LogP) is 14.0. The second-order valence-electron chi connectivity index (χ2n) is 15.4. The third-order valence-electron chi connectivity index (χ3n) is 11.8. The number of para-hydroxylation sites is 1. The van der Waals surface area contributed by atoms with Crippen molar-refractivity contribution in [2.45, 2.75) is 32.6 Å². The fraction of sp³-hybridized carbons (Fsp3) is 0.0943. The summed E-state index contributed by atoms with van der Waals surface area (Å²) in [6.45, 7) is 6.98. The van der Waals surface area contributed by atoms with E-state index in [2.05, 4.69) is 207 Å². The molecule has 258 valence electrons. The summed E-state index contributed by atoms with van der Waals surface area (Å²) < 4.78 is 2.53. The van der Waals surface area contributed by atoms with Gasteiger partial charge in [-0.1, -0.05) is 166 Å². The number of benzene rings is 8. The van der Waals surface area contributed by atoms with Gasteiger partial charge in [0.2, 0.25) is 0 Å². The number of nitrogens with zero attached hydrogens (tertiary/aromatic N) is 1. The lowest BCUT2D eigenvalue weighted by Gasteiger charge is -2.22. The van der Waals surface area contributed by atoms with Crippen LogP contribution in [0.15, 0.2) is 182 Å². The Morgan fingerprint density at radius 1 is 0.426 bits per heavy atom. The lowest BCUT2D eigenvalue weighted by Crippen LogP contribution is -2.15. The highest BCUT2D eigenvalue weighted by atomic mass is 15.0. The molecule has 0 spiro atoms. The van der Waals surface area contributed by atoms with Crippen LogP contribution < -0.4 is 0 Å². The molecule has 9 aromatic rings. The molecule has 54 heavy (non-hydrogen) atoms. The van der Waals surface area contributed by atoms with Gasteiger partial charge in [-0.15, -0.1) is 0 Å². The third-order valence-corrected chi connectivity index (χ3v) is 11.8. The molecule has 1 aromatic heterocycles. The molecule has 0 atom stereocenters. The number of fused-ring (bicyclic) bond motifs is 6. The van der Waals surface area contributed by atoms with Crippen LogP contribution in [-0.2, 0) is 11.8 Å². The van der Waals surface area contributed by atoms with Gasteiger partial charge in [-0.2, -0.15) is 0 Å². The largest absolute Gasteiger partial charge is 0.309 e. The zero-order chi connectivity index (χ0) is 36.4. The number of aryl methyl sites for hydroxylation is 1. The average Bonchev–Trinajstić information content (AvgIpc) is 3.66. The molecule has 0 radical (unpaired) electrons. The lowest BCUT2D eigenvalue weighted by atomic mass is 9.82. The monoisotopic (exact) mass is 691 g/mol. The van der Waals surface area contributed by atoms with Crippen molar-refractivity contribution in [2.24, 2.45) is 0 Å². The Kier molecular flexibility index (Phi) is 7.52. The molecular formula is C53H41N. The zero-order valence-electron chi connectivity index (χ0n) is 31.0. The summed E-state index contributed by atoms with van der Waals surface area (Å²) >= 11 is 0. The summed E-state index contributed by atoms with van der Waals surface area (Å²) in [6.07, 6.45) is 0.899. The molecule has 0 saturated carbocycles. The molecule has 0 unspecified atom stereocenters. The van der Waals surface area contributed by atoms with E-state index in [9.17, 15) is 0 Å². The highest BCUT2D eigenvalue weighted by molar-refractivity contribution is 6.12. The van der Waals surface area contributed by atoms with E-state index in [1.54, 1.807) is 0 Å². The Bertz CT molecular complexity index is 2870. The SMILES string of the molecule is Cc1ccc(-c2ccc(-c3ccccc3)c(-n3c4ccccc4c4cc5c(cc43)C(C)(C)c3ccccc3-5)c2)cc1-c1ccccc1Cc1ccccc1. The molecule has 10 rings (SSSR count). The Morgan fingerprint density at radius 2 is 1.09 bits per heavy atom. The van der Waals surface area contributed by atoms with Crippen LogP contribution in [0.4, 0.5) is 0 Å². The van der Waals surface area contributed by atoms with Crippen molar-refractivity contribution in [3.63, 3.8) is 0 Å². The smallest absolute Gasteiger partial charge is 0.0546 e. The molecular weight excluding hydrogens is 651 g/mol. The Hall–Kier alpha value is -6.44. The highest BCUT2D eigenvalue weighted by Gasteiger charge is 2.36. The highest BCUT2D eigenvalue weighted by Crippen LogP contribution is 2.51. The maximum Gasteiger partial charge on any atom is 0.0546 e. The fourth-order valence-electron chi connectivity index (χ4n) is 9.03. The van der Waals surface area contributed by atoms with Crippen molar-refractivity contribution in [2.75, 3.05) is 0 Å². The number of hydrogen-bond acceptors (Lipinski definition) is 0. The van der Waals surface area contributed by atoms with Gasteiger partial charge in [0.25, 0.3) is 0 Å². The van der Waals surface area contributed by atoms with Gasteiger partial charge in [-0.25, -0.2) is 0 Å². The number of rotatable bonds is 6. The van der Waals surface area contributed by atoms with E-state index < -0.39 is 0 Å². The molecule has 1 heteroatoms. The van der Waals surface area contributed by atoms with Gasteiger partial charge in [0, 0.05) is 21.8 Å². The van der Waals surface area contributed by atoms with Gasteiger partial charge < -0.3 is 4.57 Å². The first-order valence-electron chi connectivity index (χ1n) is 19.1. The van der Waals surface area contributed by atoms with Crippen LogP contribution in [0.2, 0.25) is 0 Å². The van der Waals surface area contributed by atoms with Gasteiger partial charge in [0.05, 0.1) is 16.7 Å². The van der Waals surface area contributed by atoms with Crippen molar-refractivity contribution in [3.05, 3.63) is 210 Å². The molecule has 0 bridgehead atoms. The molecule has 0 N–H and O–H groups in total. The van der Waals surface area contributed by atoms with Crippen LogP contribution in [-0.4, -0.2) is 4.57 Å². The van der Waals surface area contributed by atoms with E-state index >= 15 is 0 Å². The summed E-state index contributed by atoms with van der Waals surface area (Å²) in [4.78, 5) is 0. The minimum atomic E-state index is -0.0966. The summed E-state index contributed by atoms with van der Waals surface area (Å²) in [5.41, 5.74) is 20.4. The number of aromatic nitrogens is 1. The topological polar surface area (TPSA) is 4.93 Å². The predicted molar refractivity (Wildman–Crippen MR) is 229 cm³/mol. The van der Waals surface area contributed by atoms with Gasteiger partial charge in [0.15, 0.2) is 0 Å². The maximum absolute atomic E-state index is 2.53. The first-order chi connectivity index (χ1) is 26.5. The standard InChI is InChI=1S/C53H41N/c1-35-26-27-38(31-45(35)41-21-11-10-20-40(41)30-36-16-6-4-7-17-36)39-28-29-42(37-18-8-5-9-19-37)51(32-39)54-50-25-15-13-23-44(50)47-33-46-43-22-12-14-24-48(43)53(2,3)49(46)34-52(47)54/h4-29,31-34H,30H2,1-3H3. The first-order valence-corrected chi connectivity index (χ1v) is 19.1. The first kappa shape index (κ1) is 32.2. The minimum Gasteiger partial charge on any atom is -0.309 e. The van der Waals surface area contributed by atoms with Gasteiger partial charge in [0.1, 0.15) is 0 Å². The van der Waals surface area contributed by atoms with Crippen molar-refractivity contribution in [3.8, 4) is 50.2 Å². The summed E-state index contributed by atoms with van der Waals surface area (Å²) in [7, 11) is 0.